The van der Waals surface area contributed by atoms with Crippen LogP contribution in [0.2, 0.25) is 0 Å². The first-order chi connectivity index (χ1) is 15.4. The lowest BCUT2D eigenvalue weighted by atomic mass is 9.98. The smallest absolute Gasteiger partial charge is 0.333 e. The monoisotopic (exact) mass is 463 g/mol. The maximum Gasteiger partial charge on any atom is 0.333 e. The Morgan fingerprint density at radius 3 is 2.50 bits per heavy atom. The van der Waals surface area contributed by atoms with Crippen LogP contribution in [0.5, 0.6) is 5.88 Å². The number of carbonyl (C=O) groups excluding carboxylic acids is 1. The molecule has 2 amide bonds. The highest BCUT2D eigenvalue weighted by molar-refractivity contribution is 7.90. The van der Waals surface area contributed by atoms with Gasteiger partial charge < -0.3 is 15.4 Å². The molecule has 2 heterocycles. The molecule has 1 atom stereocenters. The predicted octanol–water partition coefficient (Wildman–Crippen LogP) is 1.88. The first-order valence-corrected chi connectivity index (χ1v) is 12.5. The number of benzene rings is 1. The molecular weight excluding hydrogens is 437 g/mol. The fraction of sp³-hybridized carbons (Fsp3) is 0.524. The van der Waals surface area contributed by atoms with E-state index in [4.69, 9.17) is 4.74 Å². The molecule has 1 aromatic carbocycles. The third kappa shape index (κ3) is 3.53. The van der Waals surface area contributed by atoms with Crippen LogP contribution in [-0.2, 0) is 42.3 Å². The van der Waals surface area contributed by atoms with Gasteiger partial charge in [0, 0.05) is 5.69 Å². The number of aromatic nitrogens is 2. The Bertz CT molecular complexity index is 1160. The second-order valence-electron chi connectivity index (χ2n) is 8.43. The quantitative estimate of drug-likeness (QED) is 0.624. The summed E-state index contributed by atoms with van der Waals surface area (Å²) in [5, 5.41) is 10.1. The molecule has 11 heteroatoms. The molecule has 0 unspecified atom stereocenters. The van der Waals surface area contributed by atoms with Gasteiger partial charge in [-0.1, -0.05) is 6.92 Å². The molecule has 0 saturated heterocycles. The van der Waals surface area contributed by atoms with Gasteiger partial charge in [-0.2, -0.15) is 5.10 Å². The summed E-state index contributed by atoms with van der Waals surface area (Å²) in [5.74, 6) is -0.0360. The Morgan fingerprint density at radius 1 is 1.19 bits per heavy atom. The minimum absolute atomic E-state index is 0.0295. The molecule has 2 aromatic rings. The maximum atomic E-state index is 14.8. The minimum Gasteiger partial charge on any atom is -0.475 e. The van der Waals surface area contributed by atoms with E-state index < -0.39 is 16.1 Å². The number of hydrogen-bond donors (Lipinski definition) is 3. The van der Waals surface area contributed by atoms with E-state index >= 15 is 0 Å². The maximum absolute atomic E-state index is 14.8. The molecule has 3 aliphatic rings. The van der Waals surface area contributed by atoms with Gasteiger partial charge in [-0.15, -0.1) is 0 Å². The number of sulfonamides is 1. The lowest BCUT2D eigenvalue weighted by Gasteiger charge is -2.25. The zero-order chi connectivity index (χ0) is 22.5. The Balaban J connectivity index is 1.37. The summed E-state index contributed by atoms with van der Waals surface area (Å²) < 4.78 is 49.8. The summed E-state index contributed by atoms with van der Waals surface area (Å²) in [6.07, 6.45) is 5.43. The van der Waals surface area contributed by atoms with Crippen molar-refractivity contribution in [3.8, 4) is 5.88 Å². The molecule has 1 aliphatic heterocycles. The van der Waals surface area contributed by atoms with Gasteiger partial charge in [-0.05, 0) is 67.3 Å². The molecule has 9 nitrogen and oxygen atoms in total. The van der Waals surface area contributed by atoms with Crippen LogP contribution in [0.3, 0.4) is 0 Å². The van der Waals surface area contributed by atoms with Gasteiger partial charge in [0.15, 0.2) is 4.90 Å². The number of hydrogen-bond acceptors (Lipinski definition) is 6. The molecule has 0 radical (unpaired) electrons. The van der Waals surface area contributed by atoms with Crippen molar-refractivity contribution in [2.45, 2.75) is 62.9 Å². The van der Waals surface area contributed by atoms with Crippen LogP contribution in [0, 0.1) is 5.82 Å². The number of halogens is 1. The highest BCUT2D eigenvalue weighted by Crippen LogP contribution is 2.41. The number of likely N-dealkylation sites (N-methyl/N-ethyl adjacent to an activating group) is 1. The minimum atomic E-state index is -4.21. The van der Waals surface area contributed by atoms with Crippen molar-refractivity contribution in [2.24, 2.45) is 0 Å². The van der Waals surface area contributed by atoms with E-state index in [9.17, 15) is 17.6 Å². The van der Waals surface area contributed by atoms with E-state index in [2.05, 4.69) is 20.5 Å². The number of nitrogens with one attached hydrogen (secondary N) is 3. The van der Waals surface area contributed by atoms with Gasteiger partial charge in [-0.3, -0.25) is 0 Å². The zero-order valence-electron chi connectivity index (χ0n) is 17.8. The van der Waals surface area contributed by atoms with Crippen molar-refractivity contribution in [2.75, 3.05) is 18.5 Å². The van der Waals surface area contributed by atoms with Crippen molar-refractivity contribution in [3.63, 3.8) is 0 Å². The summed E-state index contributed by atoms with van der Waals surface area (Å²) in [6, 6.07) is -0.844. The fourth-order valence-electron chi connectivity index (χ4n) is 5.03. The molecule has 0 fully saturated rings. The van der Waals surface area contributed by atoms with Crippen molar-refractivity contribution in [1.29, 1.82) is 0 Å². The number of rotatable bonds is 5. The van der Waals surface area contributed by atoms with Gasteiger partial charge in [0.25, 0.3) is 10.0 Å². The number of urea groups is 1. The average molecular weight is 464 g/mol. The van der Waals surface area contributed by atoms with Crippen LogP contribution >= 0.6 is 0 Å². The second-order valence-corrected chi connectivity index (χ2v) is 10.1. The lowest BCUT2D eigenvalue weighted by Crippen LogP contribution is -2.42. The van der Waals surface area contributed by atoms with Crippen molar-refractivity contribution in [3.05, 3.63) is 34.3 Å². The van der Waals surface area contributed by atoms with E-state index in [1.54, 1.807) is 0 Å². The Morgan fingerprint density at radius 2 is 1.84 bits per heavy atom. The highest BCUT2D eigenvalue weighted by atomic mass is 32.2. The van der Waals surface area contributed by atoms with E-state index in [0.29, 0.717) is 55.6 Å². The Kier molecular flexibility index (Phi) is 5.32. The van der Waals surface area contributed by atoms with Crippen molar-refractivity contribution < 1.29 is 22.3 Å². The molecule has 0 bridgehead atoms. The SMILES string of the molecule is CCN[C@H]1COc2c(S(=O)(=O)NC(=O)Nc3c4c(c(F)c5c3CCC5)CCC4)cnn2C1. The molecule has 0 saturated carbocycles. The number of carbonyl (C=O) groups is 1. The topological polar surface area (TPSA) is 114 Å². The molecular formula is C21H26FN5O4S. The molecule has 0 spiro atoms. The highest BCUT2D eigenvalue weighted by Gasteiger charge is 2.33. The predicted molar refractivity (Wildman–Crippen MR) is 115 cm³/mol. The van der Waals surface area contributed by atoms with Crippen LogP contribution in [0.4, 0.5) is 14.9 Å². The van der Waals surface area contributed by atoms with E-state index in [-0.39, 0.29) is 22.6 Å². The van der Waals surface area contributed by atoms with E-state index in [0.717, 1.165) is 30.5 Å². The first kappa shape index (κ1) is 21.2. The summed E-state index contributed by atoms with van der Waals surface area (Å²) >= 11 is 0. The Labute approximate surface area is 185 Å². The van der Waals surface area contributed by atoms with E-state index in [1.807, 2.05) is 6.92 Å². The van der Waals surface area contributed by atoms with Crippen molar-refractivity contribution >= 4 is 21.7 Å². The molecule has 5 rings (SSSR count). The molecule has 172 valence electrons. The number of fused-ring (bicyclic) bond motifs is 3. The summed E-state index contributed by atoms with van der Waals surface area (Å²) in [4.78, 5) is 12.6. The van der Waals surface area contributed by atoms with Gasteiger partial charge in [0.05, 0.1) is 18.8 Å². The lowest BCUT2D eigenvalue weighted by molar-refractivity contribution is 0.180. The Hall–Kier alpha value is -2.66. The van der Waals surface area contributed by atoms with Crippen molar-refractivity contribution in [1.82, 2.24) is 19.8 Å². The third-order valence-corrected chi connectivity index (χ3v) is 7.70. The van der Waals surface area contributed by atoms with Gasteiger partial charge in [-0.25, -0.2) is 27.0 Å². The standard InChI is InChI=1S/C21H26FN5O4S/c1-2-23-12-10-27-20(31-11-12)17(9-24-27)32(29,30)26-21(28)25-19-15-7-3-5-13(15)18(22)14-6-4-8-16(14)19/h9,12,23H,2-8,10-11H2,1H3,(H2,25,26,28)/t12-/m1/s1. The molecule has 32 heavy (non-hydrogen) atoms. The zero-order valence-corrected chi connectivity index (χ0v) is 18.6. The average Bonchev–Trinajstić information content (AvgIpc) is 3.50. The third-order valence-electron chi connectivity index (χ3n) is 6.39. The number of anilines is 1. The van der Waals surface area contributed by atoms with Gasteiger partial charge >= 0.3 is 6.03 Å². The van der Waals surface area contributed by atoms with Crippen LogP contribution < -0.4 is 20.1 Å². The van der Waals surface area contributed by atoms with E-state index in [1.165, 1.54) is 10.9 Å². The van der Waals surface area contributed by atoms with Crippen LogP contribution in [0.1, 0.15) is 42.0 Å². The molecule has 3 N–H and O–H groups in total. The number of ether oxygens (including phenoxy) is 1. The van der Waals surface area contributed by atoms with Crippen LogP contribution in [0.15, 0.2) is 11.1 Å². The summed E-state index contributed by atoms with van der Waals surface area (Å²) in [6.45, 7) is 3.51. The molecule has 2 aliphatic carbocycles. The first-order valence-electron chi connectivity index (χ1n) is 11.0. The summed E-state index contributed by atoms with van der Waals surface area (Å²) in [7, 11) is -4.21. The molecule has 1 aromatic heterocycles. The number of amides is 2. The fourth-order valence-corrected chi connectivity index (χ4v) is 6.01. The largest absolute Gasteiger partial charge is 0.475 e. The normalized spacial score (nSPS) is 19.1. The number of nitrogens with zero attached hydrogens (tertiary/aromatic N) is 2. The van der Waals surface area contributed by atoms with Gasteiger partial charge in [0.1, 0.15) is 12.4 Å². The van der Waals surface area contributed by atoms with Gasteiger partial charge in [0.2, 0.25) is 5.88 Å². The van der Waals surface area contributed by atoms with Crippen LogP contribution in [-0.4, -0.2) is 43.4 Å². The van der Waals surface area contributed by atoms with Crippen LogP contribution in [0.25, 0.3) is 0 Å². The second kappa shape index (κ2) is 8.04. The summed E-state index contributed by atoms with van der Waals surface area (Å²) in [5.41, 5.74) is 3.45.